The lowest BCUT2D eigenvalue weighted by Crippen LogP contribution is -1.92. The van der Waals surface area contributed by atoms with Crippen molar-refractivity contribution >= 4 is 11.8 Å². The molecule has 0 fully saturated rings. The van der Waals surface area contributed by atoms with Crippen LogP contribution < -0.4 is 0 Å². The third-order valence-corrected chi connectivity index (χ3v) is 2.36. The molecule has 1 heterocycles. The van der Waals surface area contributed by atoms with Crippen molar-refractivity contribution in [2.45, 2.75) is 25.0 Å². The van der Waals surface area contributed by atoms with E-state index in [0.717, 1.165) is 16.3 Å². The van der Waals surface area contributed by atoms with Crippen molar-refractivity contribution in [1.82, 2.24) is 4.98 Å². The van der Waals surface area contributed by atoms with Gasteiger partial charge in [0.2, 0.25) is 0 Å². The van der Waals surface area contributed by atoms with E-state index in [1.807, 2.05) is 12.1 Å². The van der Waals surface area contributed by atoms with E-state index >= 15 is 0 Å². The van der Waals surface area contributed by atoms with Crippen molar-refractivity contribution in [3.8, 4) is 0 Å². The number of aliphatic hydroxyl groups is 1. The summed E-state index contributed by atoms with van der Waals surface area (Å²) in [5, 5.41) is 10.2. The lowest BCUT2D eigenvalue weighted by Gasteiger charge is -2.03. The SMILES string of the molecule is CCSc1ccc([C@H](C)O)cn1. The zero-order chi connectivity index (χ0) is 8.97. The van der Waals surface area contributed by atoms with E-state index in [2.05, 4.69) is 11.9 Å². The van der Waals surface area contributed by atoms with Gasteiger partial charge < -0.3 is 5.11 Å². The third kappa shape index (κ3) is 2.50. The van der Waals surface area contributed by atoms with Gasteiger partial charge in [0.05, 0.1) is 11.1 Å². The van der Waals surface area contributed by atoms with Crippen LogP contribution in [-0.4, -0.2) is 15.8 Å². The molecule has 0 saturated heterocycles. The second-order valence-electron chi connectivity index (χ2n) is 2.54. The van der Waals surface area contributed by atoms with Crippen LogP contribution in [0.4, 0.5) is 0 Å². The molecule has 66 valence electrons. The summed E-state index contributed by atoms with van der Waals surface area (Å²) < 4.78 is 0. The van der Waals surface area contributed by atoms with E-state index in [4.69, 9.17) is 0 Å². The van der Waals surface area contributed by atoms with Crippen LogP contribution in [0.2, 0.25) is 0 Å². The van der Waals surface area contributed by atoms with Gasteiger partial charge in [-0.1, -0.05) is 13.0 Å². The van der Waals surface area contributed by atoms with Crippen molar-refractivity contribution in [2.75, 3.05) is 5.75 Å². The number of pyridine rings is 1. The van der Waals surface area contributed by atoms with Crippen LogP contribution in [0, 0.1) is 0 Å². The van der Waals surface area contributed by atoms with Gasteiger partial charge in [0.15, 0.2) is 0 Å². The van der Waals surface area contributed by atoms with Gasteiger partial charge >= 0.3 is 0 Å². The van der Waals surface area contributed by atoms with Crippen molar-refractivity contribution in [3.05, 3.63) is 23.9 Å². The maximum atomic E-state index is 9.20. The third-order valence-electron chi connectivity index (χ3n) is 1.53. The zero-order valence-electron chi connectivity index (χ0n) is 7.32. The number of nitrogens with zero attached hydrogens (tertiary/aromatic N) is 1. The molecule has 0 amide bonds. The van der Waals surface area contributed by atoms with Crippen LogP contribution in [0.1, 0.15) is 25.5 Å². The number of thioether (sulfide) groups is 1. The molecule has 0 saturated carbocycles. The number of hydrogen-bond donors (Lipinski definition) is 1. The highest BCUT2D eigenvalue weighted by molar-refractivity contribution is 7.99. The summed E-state index contributed by atoms with van der Waals surface area (Å²) in [6, 6.07) is 3.85. The highest BCUT2D eigenvalue weighted by Crippen LogP contribution is 2.17. The fourth-order valence-electron chi connectivity index (χ4n) is 0.872. The fourth-order valence-corrected chi connectivity index (χ4v) is 1.46. The molecule has 2 nitrogen and oxygen atoms in total. The van der Waals surface area contributed by atoms with Crippen molar-refractivity contribution in [1.29, 1.82) is 0 Å². The summed E-state index contributed by atoms with van der Waals surface area (Å²) in [6.45, 7) is 3.83. The molecule has 1 atom stereocenters. The van der Waals surface area contributed by atoms with Gasteiger partial charge in [0.25, 0.3) is 0 Å². The molecule has 0 bridgehead atoms. The Kier molecular flexibility index (Phi) is 3.56. The van der Waals surface area contributed by atoms with Crippen molar-refractivity contribution in [2.24, 2.45) is 0 Å². The molecule has 0 aliphatic heterocycles. The summed E-state index contributed by atoms with van der Waals surface area (Å²) >= 11 is 1.70. The lowest BCUT2D eigenvalue weighted by molar-refractivity contribution is 0.198. The fraction of sp³-hybridized carbons (Fsp3) is 0.444. The maximum Gasteiger partial charge on any atom is 0.0959 e. The van der Waals surface area contributed by atoms with E-state index in [9.17, 15) is 5.11 Å². The minimum atomic E-state index is -0.418. The minimum Gasteiger partial charge on any atom is -0.389 e. The molecule has 3 heteroatoms. The standard InChI is InChI=1S/C9H13NOS/c1-3-12-9-5-4-8(6-10-9)7(2)11/h4-7,11H,3H2,1-2H3/t7-/m0/s1. The topological polar surface area (TPSA) is 33.1 Å². The van der Waals surface area contributed by atoms with Crippen LogP contribution >= 0.6 is 11.8 Å². The molecular formula is C9H13NOS. The Hall–Kier alpha value is -0.540. The molecule has 0 radical (unpaired) electrons. The Morgan fingerprint density at radius 2 is 2.33 bits per heavy atom. The average Bonchev–Trinajstić information content (AvgIpc) is 2.06. The van der Waals surface area contributed by atoms with Gasteiger partial charge in [-0.25, -0.2) is 4.98 Å². The lowest BCUT2D eigenvalue weighted by atomic mass is 10.2. The first kappa shape index (κ1) is 9.55. The molecule has 12 heavy (non-hydrogen) atoms. The van der Waals surface area contributed by atoms with E-state index in [1.54, 1.807) is 24.9 Å². The smallest absolute Gasteiger partial charge is 0.0959 e. The van der Waals surface area contributed by atoms with Gasteiger partial charge in [-0.05, 0) is 24.3 Å². The highest BCUT2D eigenvalue weighted by Gasteiger charge is 2.00. The predicted octanol–water partition coefficient (Wildman–Crippen LogP) is 2.25. The molecule has 1 rings (SSSR count). The van der Waals surface area contributed by atoms with E-state index in [-0.39, 0.29) is 0 Å². The summed E-state index contributed by atoms with van der Waals surface area (Å²) in [4.78, 5) is 4.19. The van der Waals surface area contributed by atoms with Crippen LogP contribution in [0.5, 0.6) is 0 Å². The molecule has 0 unspecified atom stereocenters. The molecule has 0 aliphatic rings. The Balaban J connectivity index is 2.71. The molecule has 0 spiro atoms. The van der Waals surface area contributed by atoms with Crippen molar-refractivity contribution in [3.63, 3.8) is 0 Å². The average molecular weight is 183 g/mol. The monoisotopic (exact) mass is 183 g/mol. The van der Waals surface area contributed by atoms with Gasteiger partial charge in [-0.15, -0.1) is 11.8 Å². The Bertz CT molecular complexity index is 233. The quantitative estimate of drug-likeness (QED) is 0.730. The number of aromatic nitrogens is 1. The molecular weight excluding hydrogens is 170 g/mol. The minimum absolute atomic E-state index is 0.418. The second-order valence-corrected chi connectivity index (χ2v) is 3.82. The molecule has 1 aromatic rings. The number of hydrogen-bond acceptors (Lipinski definition) is 3. The van der Waals surface area contributed by atoms with Crippen LogP contribution in [0.15, 0.2) is 23.4 Å². The van der Waals surface area contributed by atoms with E-state index in [1.165, 1.54) is 0 Å². The zero-order valence-corrected chi connectivity index (χ0v) is 8.14. The largest absolute Gasteiger partial charge is 0.389 e. The van der Waals surface area contributed by atoms with Crippen LogP contribution in [0.3, 0.4) is 0 Å². The van der Waals surface area contributed by atoms with Gasteiger partial charge in [-0.3, -0.25) is 0 Å². The molecule has 0 aliphatic carbocycles. The van der Waals surface area contributed by atoms with Crippen molar-refractivity contribution < 1.29 is 5.11 Å². The van der Waals surface area contributed by atoms with Gasteiger partial charge in [-0.2, -0.15) is 0 Å². The van der Waals surface area contributed by atoms with E-state index in [0.29, 0.717) is 0 Å². The van der Waals surface area contributed by atoms with Crippen LogP contribution in [0.25, 0.3) is 0 Å². The predicted molar refractivity (Wildman–Crippen MR) is 51.3 cm³/mol. The van der Waals surface area contributed by atoms with Gasteiger partial charge in [0, 0.05) is 6.20 Å². The first-order chi connectivity index (χ1) is 5.74. The molecule has 0 aromatic carbocycles. The Morgan fingerprint density at radius 1 is 1.58 bits per heavy atom. The Labute approximate surface area is 77.0 Å². The summed E-state index contributed by atoms with van der Waals surface area (Å²) in [7, 11) is 0. The second kappa shape index (κ2) is 4.48. The first-order valence-electron chi connectivity index (χ1n) is 4.01. The summed E-state index contributed by atoms with van der Waals surface area (Å²) in [5.74, 6) is 1.03. The van der Waals surface area contributed by atoms with Gasteiger partial charge in [0.1, 0.15) is 0 Å². The normalized spacial score (nSPS) is 12.9. The highest BCUT2D eigenvalue weighted by atomic mass is 32.2. The number of aliphatic hydroxyl groups excluding tert-OH is 1. The summed E-state index contributed by atoms with van der Waals surface area (Å²) in [6.07, 6.45) is 1.31. The maximum absolute atomic E-state index is 9.20. The molecule has 1 N–H and O–H groups in total. The summed E-state index contributed by atoms with van der Waals surface area (Å²) in [5.41, 5.74) is 0.871. The number of rotatable bonds is 3. The molecule has 1 aromatic heterocycles. The van der Waals surface area contributed by atoms with Crippen LogP contribution in [-0.2, 0) is 0 Å². The Morgan fingerprint density at radius 3 is 2.75 bits per heavy atom. The van der Waals surface area contributed by atoms with E-state index < -0.39 is 6.10 Å². The first-order valence-corrected chi connectivity index (χ1v) is 4.99.